The number of thiocarbonyl (C=S) groups is 1. The summed E-state index contributed by atoms with van der Waals surface area (Å²) < 4.78 is 11.7. The van der Waals surface area contributed by atoms with Crippen molar-refractivity contribution in [3.05, 3.63) is 90.0 Å². The first-order valence-electron chi connectivity index (χ1n) is 11.8. The lowest BCUT2D eigenvalue weighted by Gasteiger charge is -2.14. The van der Waals surface area contributed by atoms with Gasteiger partial charge in [-0.05, 0) is 73.4 Å². The number of rotatable bonds is 12. The van der Waals surface area contributed by atoms with Crippen LogP contribution in [0.25, 0.3) is 0 Å². The van der Waals surface area contributed by atoms with E-state index in [1.165, 1.54) is 5.56 Å². The summed E-state index contributed by atoms with van der Waals surface area (Å²) in [5, 5.41) is 6.01. The fourth-order valence-corrected chi connectivity index (χ4v) is 3.57. The van der Waals surface area contributed by atoms with Crippen molar-refractivity contribution in [2.45, 2.75) is 39.0 Å². The van der Waals surface area contributed by atoms with Crippen molar-refractivity contribution in [2.75, 3.05) is 18.5 Å². The molecule has 0 spiro atoms. The average molecular weight is 477 g/mol. The van der Waals surface area contributed by atoms with Gasteiger partial charge in [-0.25, -0.2) is 0 Å². The highest BCUT2D eigenvalue weighted by Crippen LogP contribution is 2.24. The summed E-state index contributed by atoms with van der Waals surface area (Å²) in [5.41, 5.74) is 2.51. The molecule has 0 saturated carbocycles. The zero-order valence-corrected chi connectivity index (χ0v) is 20.4. The van der Waals surface area contributed by atoms with Gasteiger partial charge in [-0.15, -0.1) is 0 Å². The normalized spacial score (nSPS) is 10.4. The highest BCUT2D eigenvalue weighted by atomic mass is 32.1. The lowest BCUT2D eigenvalue weighted by atomic mass is 10.1. The molecule has 0 aliphatic carbocycles. The molecular formula is C28H32N2O3S. The van der Waals surface area contributed by atoms with Crippen LogP contribution in [0.2, 0.25) is 0 Å². The Bertz CT molecular complexity index is 1040. The number of unbranched alkanes of at least 4 members (excludes halogenated alkanes) is 2. The van der Waals surface area contributed by atoms with E-state index < -0.39 is 0 Å². The number of anilines is 1. The number of para-hydroxylation sites is 2. The summed E-state index contributed by atoms with van der Waals surface area (Å²) in [4.78, 5) is 12.6. The molecule has 2 N–H and O–H groups in total. The third-order valence-electron chi connectivity index (χ3n) is 5.21. The Labute approximate surface area is 207 Å². The highest BCUT2D eigenvalue weighted by Gasteiger charge is 2.10. The molecule has 3 rings (SSSR count). The number of benzene rings is 3. The molecule has 0 fully saturated rings. The molecule has 178 valence electrons. The third kappa shape index (κ3) is 8.52. The second-order valence-electron chi connectivity index (χ2n) is 7.92. The second-order valence-corrected chi connectivity index (χ2v) is 8.33. The van der Waals surface area contributed by atoms with Crippen LogP contribution in [0.4, 0.5) is 5.69 Å². The van der Waals surface area contributed by atoms with E-state index in [2.05, 4.69) is 29.7 Å². The van der Waals surface area contributed by atoms with Crippen LogP contribution in [-0.4, -0.2) is 24.2 Å². The van der Waals surface area contributed by atoms with E-state index in [1.54, 1.807) is 24.3 Å². The molecule has 3 aromatic rings. The number of amides is 1. The maximum atomic E-state index is 12.6. The number of carbonyl (C=O) groups is 1. The molecule has 0 radical (unpaired) electrons. The van der Waals surface area contributed by atoms with Crippen molar-refractivity contribution < 1.29 is 14.3 Å². The molecule has 0 saturated heterocycles. The number of carbonyl (C=O) groups excluding carboxylic acids is 1. The van der Waals surface area contributed by atoms with Crippen LogP contribution in [-0.2, 0) is 6.42 Å². The van der Waals surface area contributed by atoms with Crippen molar-refractivity contribution in [1.82, 2.24) is 5.32 Å². The first kappa shape index (κ1) is 25.2. The van der Waals surface area contributed by atoms with E-state index in [4.69, 9.17) is 21.7 Å². The van der Waals surface area contributed by atoms with Crippen LogP contribution < -0.4 is 20.1 Å². The quantitative estimate of drug-likeness (QED) is 0.234. The van der Waals surface area contributed by atoms with Crippen molar-refractivity contribution >= 4 is 28.9 Å². The monoisotopic (exact) mass is 476 g/mol. The smallest absolute Gasteiger partial charge is 0.257 e. The number of nitrogens with one attached hydrogen (secondary N) is 2. The van der Waals surface area contributed by atoms with Gasteiger partial charge in [0.1, 0.15) is 11.5 Å². The number of hydrogen-bond donors (Lipinski definition) is 2. The Hall–Kier alpha value is -3.38. The van der Waals surface area contributed by atoms with Crippen LogP contribution in [0.5, 0.6) is 11.5 Å². The second kappa shape index (κ2) is 14.0. The zero-order chi connectivity index (χ0) is 24.0. The van der Waals surface area contributed by atoms with Gasteiger partial charge in [-0.3, -0.25) is 10.1 Å². The summed E-state index contributed by atoms with van der Waals surface area (Å²) >= 11 is 5.36. The SMILES string of the molecule is CCCCCOc1ccc(C(=O)NC(=S)Nc2ccccc2OCCCc2ccccc2)cc1. The van der Waals surface area contributed by atoms with E-state index >= 15 is 0 Å². The van der Waals surface area contributed by atoms with Gasteiger partial charge in [0.05, 0.1) is 18.9 Å². The lowest BCUT2D eigenvalue weighted by Crippen LogP contribution is -2.34. The fourth-order valence-electron chi connectivity index (χ4n) is 3.37. The van der Waals surface area contributed by atoms with Crippen molar-refractivity contribution in [3.63, 3.8) is 0 Å². The minimum absolute atomic E-state index is 0.213. The van der Waals surface area contributed by atoms with Crippen molar-refractivity contribution in [1.29, 1.82) is 0 Å². The Morgan fingerprint density at radius 3 is 2.29 bits per heavy atom. The predicted octanol–water partition coefficient (Wildman–Crippen LogP) is 6.39. The molecule has 0 aromatic heterocycles. The van der Waals surface area contributed by atoms with Crippen LogP contribution in [0.3, 0.4) is 0 Å². The Kier molecular flexibility index (Phi) is 10.4. The van der Waals surface area contributed by atoms with Crippen LogP contribution in [0.15, 0.2) is 78.9 Å². The predicted molar refractivity (Wildman–Crippen MR) is 142 cm³/mol. The first-order valence-corrected chi connectivity index (χ1v) is 12.2. The molecule has 0 aliphatic heterocycles. The summed E-state index contributed by atoms with van der Waals surface area (Å²) in [7, 11) is 0. The minimum Gasteiger partial charge on any atom is -0.494 e. The van der Waals surface area contributed by atoms with Gasteiger partial charge in [0.2, 0.25) is 0 Å². The van der Waals surface area contributed by atoms with Crippen molar-refractivity contribution in [2.24, 2.45) is 0 Å². The first-order chi connectivity index (χ1) is 16.7. The van der Waals surface area contributed by atoms with Gasteiger partial charge in [-0.1, -0.05) is 62.2 Å². The molecular weight excluding hydrogens is 444 g/mol. The molecule has 34 heavy (non-hydrogen) atoms. The summed E-state index contributed by atoms with van der Waals surface area (Å²) in [6.07, 6.45) is 5.18. The molecule has 3 aromatic carbocycles. The minimum atomic E-state index is -0.281. The largest absolute Gasteiger partial charge is 0.494 e. The molecule has 1 amide bonds. The van der Waals surface area contributed by atoms with E-state index in [-0.39, 0.29) is 11.0 Å². The Morgan fingerprint density at radius 1 is 0.824 bits per heavy atom. The lowest BCUT2D eigenvalue weighted by molar-refractivity contribution is 0.0977. The molecule has 0 heterocycles. The van der Waals surface area contributed by atoms with Gasteiger partial charge in [0.15, 0.2) is 5.11 Å². The van der Waals surface area contributed by atoms with Gasteiger partial charge in [-0.2, -0.15) is 0 Å². The molecule has 0 aliphatic rings. The van der Waals surface area contributed by atoms with Crippen LogP contribution >= 0.6 is 12.2 Å². The summed E-state index contributed by atoms with van der Waals surface area (Å²) in [6, 6.07) is 25.0. The standard InChI is InChI=1S/C28H32N2O3S/c1-2-3-9-20-32-24-18-16-23(17-19-24)27(31)30-28(34)29-25-14-7-8-15-26(25)33-21-10-13-22-11-5-4-6-12-22/h4-8,11-12,14-19H,2-3,9-10,13,20-21H2,1H3,(H2,29,30,31,34). The number of ether oxygens (including phenoxy) is 2. The topological polar surface area (TPSA) is 59.6 Å². The zero-order valence-electron chi connectivity index (χ0n) is 19.6. The molecule has 0 atom stereocenters. The Balaban J connectivity index is 1.46. The van der Waals surface area contributed by atoms with Crippen LogP contribution in [0, 0.1) is 0 Å². The fraction of sp³-hybridized carbons (Fsp3) is 0.286. The van der Waals surface area contributed by atoms with Gasteiger partial charge < -0.3 is 14.8 Å². The summed E-state index contributed by atoms with van der Waals surface area (Å²) in [6.45, 7) is 3.42. The van der Waals surface area contributed by atoms with Crippen molar-refractivity contribution in [3.8, 4) is 11.5 Å². The van der Waals surface area contributed by atoms with E-state index in [0.717, 1.165) is 37.9 Å². The molecule has 0 bridgehead atoms. The van der Waals surface area contributed by atoms with Gasteiger partial charge in [0, 0.05) is 5.56 Å². The number of aryl methyl sites for hydroxylation is 1. The average Bonchev–Trinajstić information content (AvgIpc) is 2.86. The van der Waals surface area contributed by atoms with E-state index in [1.807, 2.05) is 42.5 Å². The van der Waals surface area contributed by atoms with Gasteiger partial charge >= 0.3 is 0 Å². The summed E-state index contributed by atoms with van der Waals surface area (Å²) in [5.74, 6) is 1.17. The maximum absolute atomic E-state index is 12.6. The van der Waals surface area contributed by atoms with E-state index in [0.29, 0.717) is 30.2 Å². The maximum Gasteiger partial charge on any atom is 0.257 e. The number of hydrogen-bond acceptors (Lipinski definition) is 4. The highest BCUT2D eigenvalue weighted by molar-refractivity contribution is 7.80. The molecule has 5 nitrogen and oxygen atoms in total. The van der Waals surface area contributed by atoms with Gasteiger partial charge in [0.25, 0.3) is 5.91 Å². The molecule has 0 unspecified atom stereocenters. The Morgan fingerprint density at radius 2 is 1.53 bits per heavy atom. The van der Waals surface area contributed by atoms with E-state index in [9.17, 15) is 4.79 Å². The van der Waals surface area contributed by atoms with Crippen LogP contribution in [0.1, 0.15) is 48.5 Å². The molecule has 6 heteroatoms. The third-order valence-corrected chi connectivity index (χ3v) is 5.41.